The first kappa shape index (κ1) is 10.5. The van der Waals surface area contributed by atoms with Crippen molar-refractivity contribution >= 4 is 15.7 Å². The molecule has 1 saturated heterocycles. The van der Waals surface area contributed by atoms with Crippen molar-refractivity contribution in [2.24, 2.45) is 5.73 Å². The SMILES string of the molecule is CC1(N)CN(C(=O)CS(C)(=O)=O)C1. The molecule has 0 radical (unpaired) electrons. The van der Waals surface area contributed by atoms with E-state index in [4.69, 9.17) is 5.73 Å². The standard InChI is InChI=1S/C7H14N2O3S/c1-7(8)4-9(5-7)6(10)3-13(2,11)12/h3-5,8H2,1-2H3. The Balaban J connectivity index is 2.45. The van der Waals surface area contributed by atoms with Gasteiger partial charge in [0.05, 0.1) is 0 Å². The van der Waals surface area contributed by atoms with Crippen LogP contribution in [0.4, 0.5) is 0 Å². The van der Waals surface area contributed by atoms with Gasteiger partial charge in [0.2, 0.25) is 5.91 Å². The summed E-state index contributed by atoms with van der Waals surface area (Å²) in [5.41, 5.74) is 5.33. The molecule has 0 bridgehead atoms. The van der Waals surface area contributed by atoms with Crippen LogP contribution in [0.3, 0.4) is 0 Å². The third-order valence-electron chi connectivity index (χ3n) is 1.84. The van der Waals surface area contributed by atoms with Gasteiger partial charge < -0.3 is 10.6 Å². The predicted molar refractivity (Wildman–Crippen MR) is 48.9 cm³/mol. The van der Waals surface area contributed by atoms with Gasteiger partial charge in [-0.05, 0) is 6.92 Å². The van der Waals surface area contributed by atoms with Gasteiger partial charge in [-0.25, -0.2) is 8.42 Å². The molecular formula is C7H14N2O3S. The van der Waals surface area contributed by atoms with E-state index in [2.05, 4.69) is 0 Å². The molecular weight excluding hydrogens is 192 g/mol. The maximum absolute atomic E-state index is 11.2. The Kier molecular flexibility index (Phi) is 2.38. The van der Waals surface area contributed by atoms with Gasteiger partial charge in [-0.3, -0.25) is 4.79 Å². The molecule has 0 atom stereocenters. The van der Waals surface area contributed by atoms with Crippen molar-refractivity contribution in [3.05, 3.63) is 0 Å². The highest BCUT2D eigenvalue weighted by Gasteiger charge is 2.38. The van der Waals surface area contributed by atoms with Crippen molar-refractivity contribution in [3.8, 4) is 0 Å². The fourth-order valence-electron chi connectivity index (χ4n) is 1.32. The van der Waals surface area contributed by atoms with Gasteiger partial charge in [0.25, 0.3) is 0 Å². The van der Waals surface area contributed by atoms with Gasteiger partial charge in [-0.15, -0.1) is 0 Å². The van der Waals surface area contributed by atoms with Crippen LogP contribution in [0.5, 0.6) is 0 Å². The number of nitrogens with zero attached hydrogens (tertiary/aromatic N) is 1. The lowest BCUT2D eigenvalue weighted by Crippen LogP contribution is -2.67. The summed E-state index contributed by atoms with van der Waals surface area (Å²) < 4.78 is 21.5. The third kappa shape index (κ3) is 2.96. The topological polar surface area (TPSA) is 80.5 Å². The normalized spacial score (nSPS) is 21.0. The van der Waals surface area contributed by atoms with E-state index in [-0.39, 0.29) is 11.4 Å². The van der Waals surface area contributed by atoms with Crippen LogP contribution in [-0.2, 0) is 14.6 Å². The van der Waals surface area contributed by atoms with Crippen LogP contribution < -0.4 is 5.73 Å². The summed E-state index contributed by atoms with van der Waals surface area (Å²) in [5.74, 6) is -0.770. The molecule has 0 aromatic rings. The molecule has 1 rings (SSSR count). The molecule has 1 fully saturated rings. The molecule has 13 heavy (non-hydrogen) atoms. The van der Waals surface area contributed by atoms with Crippen molar-refractivity contribution in [2.75, 3.05) is 25.1 Å². The molecule has 0 spiro atoms. The van der Waals surface area contributed by atoms with Gasteiger partial charge >= 0.3 is 0 Å². The summed E-state index contributed by atoms with van der Waals surface area (Å²) in [6.45, 7) is 2.72. The van der Waals surface area contributed by atoms with Crippen molar-refractivity contribution in [1.29, 1.82) is 0 Å². The van der Waals surface area contributed by atoms with E-state index < -0.39 is 15.6 Å². The van der Waals surface area contributed by atoms with Gasteiger partial charge in [-0.1, -0.05) is 0 Å². The number of amides is 1. The third-order valence-corrected chi connectivity index (χ3v) is 2.61. The van der Waals surface area contributed by atoms with E-state index in [1.54, 1.807) is 0 Å². The van der Waals surface area contributed by atoms with Crippen LogP contribution in [0, 0.1) is 0 Å². The predicted octanol–water partition coefficient (Wildman–Crippen LogP) is -1.41. The van der Waals surface area contributed by atoms with E-state index >= 15 is 0 Å². The number of nitrogens with two attached hydrogens (primary N) is 1. The van der Waals surface area contributed by atoms with Crippen molar-refractivity contribution in [3.63, 3.8) is 0 Å². The van der Waals surface area contributed by atoms with Gasteiger partial charge in [0, 0.05) is 24.9 Å². The van der Waals surface area contributed by atoms with Gasteiger partial charge in [-0.2, -0.15) is 0 Å². The molecule has 5 nitrogen and oxygen atoms in total. The van der Waals surface area contributed by atoms with E-state index in [9.17, 15) is 13.2 Å². The fourth-order valence-corrected chi connectivity index (χ4v) is 1.95. The van der Waals surface area contributed by atoms with Crippen LogP contribution >= 0.6 is 0 Å². The minimum absolute atomic E-state index is 0.340. The number of carbonyl (C=O) groups excluding carboxylic acids is 1. The maximum Gasteiger partial charge on any atom is 0.237 e. The zero-order chi connectivity index (χ0) is 10.3. The zero-order valence-electron chi connectivity index (χ0n) is 7.78. The summed E-state index contributed by atoms with van der Waals surface area (Å²) in [4.78, 5) is 12.7. The summed E-state index contributed by atoms with van der Waals surface area (Å²) in [6, 6.07) is 0. The Bertz CT molecular complexity index is 313. The number of carbonyl (C=O) groups is 1. The zero-order valence-corrected chi connectivity index (χ0v) is 8.60. The summed E-state index contributed by atoms with van der Waals surface area (Å²) in [7, 11) is -3.21. The molecule has 1 amide bonds. The molecule has 0 aromatic carbocycles. The maximum atomic E-state index is 11.2. The summed E-state index contributed by atoms with van der Waals surface area (Å²) >= 11 is 0. The number of hydrogen-bond acceptors (Lipinski definition) is 4. The first-order chi connectivity index (χ1) is 5.70. The fraction of sp³-hybridized carbons (Fsp3) is 0.857. The van der Waals surface area contributed by atoms with Crippen LogP contribution in [0.2, 0.25) is 0 Å². The minimum atomic E-state index is -3.21. The number of rotatable bonds is 2. The lowest BCUT2D eigenvalue weighted by atomic mass is 9.94. The highest BCUT2D eigenvalue weighted by molar-refractivity contribution is 7.91. The molecule has 1 heterocycles. The second kappa shape index (κ2) is 2.95. The van der Waals surface area contributed by atoms with E-state index in [1.165, 1.54) is 4.90 Å². The molecule has 1 aliphatic rings. The molecule has 2 N–H and O–H groups in total. The van der Waals surface area contributed by atoms with Gasteiger partial charge in [0.1, 0.15) is 5.75 Å². The molecule has 0 saturated carbocycles. The molecule has 76 valence electrons. The summed E-state index contributed by atoms with van der Waals surface area (Å²) in [5, 5.41) is 0. The van der Waals surface area contributed by atoms with E-state index in [1.807, 2.05) is 6.92 Å². The number of likely N-dealkylation sites (tertiary alicyclic amines) is 1. The van der Waals surface area contributed by atoms with Crippen molar-refractivity contribution < 1.29 is 13.2 Å². The Morgan fingerprint density at radius 1 is 1.54 bits per heavy atom. The highest BCUT2D eigenvalue weighted by Crippen LogP contribution is 2.17. The number of hydrogen-bond donors (Lipinski definition) is 1. The van der Waals surface area contributed by atoms with Crippen LogP contribution in [0.1, 0.15) is 6.92 Å². The molecule has 0 aliphatic carbocycles. The number of sulfone groups is 1. The van der Waals surface area contributed by atoms with Crippen LogP contribution in [-0.4, -0.2) is 49.9 Å². The molecule has 0 aromatic heterocycles. The van der Waals surface area contributed by atoms with E-state index in [0.29, 0.717) is 13.1 Å². The van der Waals surface area contributed by atoms with E-state index in [0.717, 1.165) is 6.26 Å². The largest absolute Gasteiger partial charge is 0.338 e. The minimum Gasteiger partial charge on any atom is -0.338 e. The molecule has 1 aliphatic heterocycles. The lowest BCUT2D eigenvalue weighted by Gasteiger charge is -2.45. The quantitative estimate of drug-likeness (QED) is 0.602. The van der Waals surface area contributed by atoms with Crippen molar-refractivity contribution in [2.45, 2.75) is 12.5 Å². The van der Waals surface area contributed by atoms with Crippen LogP contribution in [0.25, 0.3) is 0 Å². The average molecular weight is 206 g/mol. The Hall–Kier alpha value is -0.620. The Labute approximate surface area is 77.8 Å². The first-order valence-electron chi connectivity index (χ1n) is 3.94. The smallest absolute Gasteiger partial charge is 0.237 e. The Morgan fingerprint density at radius 2 is 2.00 bits per heavy atom. The lowest BCUT2D eigenvalue weighted by molar-refractivity contribution is -0.135. The molecule has 0 unspecified atom stereocenters. The second-order valence-electron chi connectivity index (χ2n) is 3.97. The Morgan fingerprint density at radius 3 is 2.31 bits per heavy atom. The van der Waals surface area contributed by atoms with Crippen molar-refractivity contribution in [1.82, 2.24) is 4.90 Å². The second-order valence-corrected chi connectivity index (χ2v) is 6.11. The first-order valence-corrected chi connectivity index (χ1v) is 6.00. The van der Waals surface area contributed by atoms with Crippen LogP contribution in [0.15, 0.2) is 0 Å². The molecule has 6 heteroatoms. The average Bonchev–Trinajstić information content (AvgIpc) is 1.77. The van der Waals surface area contributed by atoms with Gasteiger partial charge in [0.15, 0.2) is 9.84 Å². The highest BCUT2D eigenvalue weighted by atomic mass is 32.2. The summed E-state index contributed by atoms with van der Waals surface area (Å²) in [6.07, 6.45) is 1.05. The monoisotopic (exact) mass is 206 g/mol.